The third-order valence-corrected chi connectivity index (χ3v) is 3.05. The first-order valence-electron chi connectivity index (χ1n) is 5.11. The van der Waals surface area contributed by atoms with Crippen molar-refractivity contribution in [2.45, 2.75) is 20.0 Å². The Labute approximate surface area is 97.6 Å². The number of aryl methyl sites for hydroxylation is 1. The number of anilines is 1. The summed E-state index contributed by atoms with van der Waals surface area (Å²) in [5.74, 6) is 0. The van der Waals surface area contributed by atoms with Crippen LogP contribution in [0.2, 0.25) is 0 Å². The van der Waals surface area contributed by atoms with E-state index in [4.69, 9.17) is 0 Å². The van der Waals surface area contributed by atoms with Gasteiger partial charge in [0.1, 0.15) is 0 Å². The summed E-state index contributed by atoms with van der Waals surface area (Å²) in [5.41, 5.74) is 2.80. The van der Waals surface area contributed by atoms with Crippen LogP contribution in [0.25, 0.3) is 0 Å². The topological polar surface area (TPSA) is 46.9 Å². The molecule has 0 atom stereocenters. The fraction of sp³-hybridized carbons (Fsp3) is 0.273. The summed E-state index contributed by atoms with van der Waals surface area (Å²) >= 11 is 1.61. The molecule has 0 aliphatic heterocycles. The number of rotatable bonds is 4. The molecule has 0 fully saturated rings. The van der Waals surface area contributed by atoms with E-state index in [-0.39, 0.29) is 5.56 Å². The molecule has 2 aromatic heterocycles. The zero-order chi connectivity index (χ0) is 11.4. The highest BCUT2D eigenvalue weighted by Crippen LogP contribution is 2.09. The van der Waals surface area contributed by atoms with E-state index in [9.17, 15) is 4.79 Å². The Bertz CT molecular complexity index is 504. The highest BCUT2D eigenvalue weighted by molar-refractivity contribution is 7.09. The molecular weight excluding hydrogens is 222 g/mol. The predicted octanol–water partition coefficient (Wildman–Crippen LogP) is 1.94. The van der Waals surface area contributed by atoms with Crippen molar-refractivity contribution < 1.29 is 0 Å². The first-order valence-corrected chi connectivity index (χ1v) is 5.99. The van der Waals surface area contributed by atoms with Gasteiger partial charge in [0.15, 0.2) is 0 Å². The molecule has 0 aliphatic rings. The van der Waals surface area contributed by atoms with Gasteiger partial charge in [0.2, 0.25) is 0 Å². The number of pyridine rings is 1. The molecule has 0 bridgehead atoms. The van der Waals surface area contributed by atoms with Crippen LogP contribution in [-0.2, 0) is 13.1 Å². The maximum atomic E-state index is 11.4. The average molecular weight is 235 g/mol. The van der Waals surface area contributed by atoms with Gasteiger partial charge in [-0.15, -0.1) is 11.3 Å². The fourth-order valence-corrected chi connectivity index (χ4v) is 1.94. The molecular formula is C11H13N3OS. The van der Waals surface area contributed by atoms with Gasteiger partial charge >= 0.3 is 0 Å². The van der Waals surface area contributed by atoms with Gasteiger partial charge in [0, 0.05) is 29.9 Å². The lowest BCUT2D eigenvalue weighted by molar-refractivity contribution is 0.728. The molecule has 0 aromatic carbocycles. The molecule has 1 N–H and O–H groups in total. The van der Waals surface area contributed by atoms with E-state index in [0.29, 0.717) is 6.54 Å². The normalized spacial score (nSPS) is 10.3. The summed E-state index contributed by atoms with van der Waals surface area (Å²) < 4.78 is 1.68. The van der Waals surface area contributed by atoms with E-state index in [0.717, 1.165) is 12.2 Å². The van der Waals surface area contributed by atoms with Crippen molar-refractivity contribution in [2.24, 2.45) is 0 Å². The lowest BCUT2D eigenvalue weighted by Gasteiger charge is -2.07. The molecule has 2 aromatic rings. The van der Waals surface area contributed by atoms with Crippen molar-refractivity contribution in [1.29, 1.82) is 0 Å². The maximum Gasteiger partial charge on any atom is 0.250 e. The van der Waals surface area contributed by atoms with Crippen molar-refractivity contribution in [3.8, 4) is 0 Å². The molecule has 0 amide bonds. The van der Waals surface area contributed by atoms with Gasteiger partial charge in [-0.1, -0.05) is 0 Å². The molecule has 4 nitrogen and oxygen atoms in total. The van der Waals surface area contributed by atoms with E-state index in [1.807, 2.05) is 24.8 Å². The van der Waals surface area contributed by atoms with E-state index in [2.05, 4.69) is 10.3 Å². The second kappa shape index (κ2) is 4.94. The zero-order valence-electron chi connectivity index (χ0n) is 9.01. The first kappa shape index (κ1) is 10.9. The molecule has 5 heteroatoms. The minimum atomic E-state index is 0.0332. The van der Waals surface area contributed by atoms with Crippen molar-refractivity contribution in [1.82, 2.24) is 9.55 Å². The summed E-state index contributed by atoms with van der Waals surface area (Å²) in [4.78, 5) is 16.5. The molecule has 2 heterocycles. The predicted molar refractivity (Wildman–Crippen MR) is 65.8 cm³/mol. The van der Waals surface area contributed by atoms with Gasteiger partial charge in [0.25, 0.3) is 5.56 Å². The second-order valence-corrected chi connectivity index (χ2v) is 4.33. The number of thiazole rings is 1. The largest absolute Gasteiger partial charge is 0.379 e. The maximum absolute atomic E-state index is 11.4. The molecule has 0 radical (unpaired) electrons. The Kier molecular flexibility index (Phi) is 3.36. The molecule has 2 rings (SSSR count). The Morgan fingerprint density at radius 1 is 1.50 bits per heavy atom. The van der Waals surface area contributed by atoms with Crippen LogP contribution in [0.5, 0.6) is 0 Å². The molecule has 0 aliphatic carbocycles. The van der Waals surface area contributed by atoms with Crippen LogP contribution < -0.4 is 10.9 Å². The van der Waals surface area contributed by atoms with Crippen LogP contribution in [0.3, 0.4) is 0 Å². The molecule has 0 unspecified atom stereocenters. The van der Waals surface area contributed by atoms with E-state index in [1.54, 1.807) is 28.0 Å². The molecule has 16 heavy (non-hydrogen) atoms. The van der Waals surface area contributed by atoms with E-state index >= 15 is 0 Å². The Morgan fingerprint density at radius 2 is 2.38 bits per heavy atom. The Balaban J connectivity index is 2.07. The van der Waals surface area contributed by atoms with Gasteiger partial charge in [-0.05, 0) is 13.0 Å². The summed E-state index contributed by atoms with van der Waals surface area (Å²) in [6.45, 7) is 3.38. The van der Waals surface area contributed by atoms with Crippen LogP contribution in [0, 0.1) is 0 Å². The summed E-state index contributed by atoms with van der Waals surface area (Å²) in [6.07, 6.45) is 3.68. The standard InChI is InChI=1S/C11H13N3OS/c1-2-14-7-9(3-4-11(14)15)13-6-10-5-12-8-16-10/h3-5,7-8,13H,2,6H2,1H3. The van der Waals surface area contributed by atoms with Crippen molar-refractivity contribution in [2.75, 3.05) is 5.32 Å². The number of aromatic nitrogens is 2. The van der Waals surface area contributed by atoms with Gasteiger partial charge < -0.3 is 9.88 Å². The van der Waals surface area contributed by atoms with Crippen LogP contribution >= 0.6 is 11.3 Å². The van der Waals surface area contributed by atoms with Crippen LogP contribution in [0.1, 0.15) is 11.8 Å². The highest BCUT2D eigenvalue weighted by atomic mass is 32.1. The lowest BCUT2D eigenvalue weighted by Crippen LogP contribution is -2.17. The Hall–Kier alpha value is -1.62. The third-order valence-electron chi connectivity index (χ3n) is 2.27. The quantitative estimate of drug-likeness (QED) is 0.881. The van der Waals surface area contributed by atoms with Gasteiger partial charge in [-0.2, -0.15) is 0 Å². The monoisotopic (exact) mass is 235 g/mol. The average Bonchev–Trinajstić information content (AvgIpc) is 2.81. The van der Waals surface area contributed by atoms with Crippen LogP contribution in [0.15, 0.2) is 34.8 Å². The number of hydrogen-bond donors (Lipinski definition) is 1. The van der Waals surface area contributed by atoms with Crippen LogP contribution in [0.4, 0.5) is 5.69 Å². The van der Waals surface area contributed by atoms with Gasteiger partial charge in [0.05, 0.1) is 17.7 Å². The minimum Gasteiger partial charge on any atom is -0.379 e. The smallest absolute Gasteiger partial charge is 0.250 e. The summed E-state index contributed by atoms with van der Waals surface area (Å²) in [6, 6.07) is 3.38. The fourth-order valence-electron chi connectivity index (χ4n) is 1.40. The lowest BCUT2D eigenvalue weighted by atomic mass is 10.4. The van der Waals surface area contributed by atoms with Crippen molar-refractivity contribution in [3.05, 3.63) is 45.3 Å². The van der Waals surface area contributed by atoms with Crippen molar-refractivity contribution >= 4 is 17.0 Å². The van der Waals surface area contributed by atoms with Gasteiger partial charge in [-0.25, -0.2) is 0 Å². The number of nitrogens with one attached hydrogen (secondary N) is 1. The van der Waals surface area contributed by atoms with E-state index in [1.165, 1.54) is 4.88 Å². The summed E-state index contributed by atoms with van der Waals surface area (Å²) in [5, 5.41) is 3.26. The Morgan fingerprint density at radius 3 is 3.06 bits per heavy atom. The molecule has 0 saturated heterocycles. The van der Waals surface area contributed by atoms with E-state index < -0.39 is 0 Å². The second-order valence-electron chi connectivity index (χ2n) is 3.36. The molecule has 84 valence electrons. The third kappa shape index (κ3) is 2.49. The minimum absolute atomic E-state index is 0.0332. The SMILES string of the molecule is CCn1cc(NCc2cncs2)ccc1=O. The first-order chi connectivity index (χ1) is 7.79. The van der Waals surface area contributed by atoms with Gasteiger partial charge in [-0.3, -0.25) is 9.78 Å². The van der Waals surface area contributed by atoms with Crippen LogP contribution in [-0.4, -0.2) is 9.55 Å². The number of hydrogen-bond acceptors (Lipinski definition) is 4. The molecule has 0 spiro atoms. The van der Waals surface area contributed by atoms with Crippen molar-refractivity contribution in [3.63, 3.8) is 0 Å². The zero-order valence-corrected chi connectivity index (χ0v) is 9.83. The number of nitrogens with zero attached hydrogens (tertiary/aromatic N) is 2. The highest BCUT2D eigenvalue weighted by Gasteiger charge is 1.98. The summed E-state index contributed by atoms with van der Waals surface area (Å²) in [7, 11) is 0. The molecule has 0 saturated carbocycles.